The van der Waals surface area contributed by atoms with Crippen LogP contribution in [0.3, 0.4) is 0 Å². The third kappa shape index (κ3) is 2.83. The Bertz CT molecular complexity index is 1120. The fraction of sp³-hybridized carbons (Fsp3) is 0. The van der Waals surface area contributed by atoms with Crippen molar-refractivity contribution in [2.75, 3.05) is 0 Å². The minimum Gasteiger partial charge on any atom is -0.478 e. The number of nitrogens with zero attached hydrogens (tertiary/aromatic N) is 2. The zero-order valence-electron chi connectivity index (χ0n) is 13.4. The van der Waals surface area contributed by atoms with Crippen LogP contribution in [0.15, 0.2) is 67.1 Å². The molecule has 0 spiro atoms. The van der Waals surface area contributed by atoms with Gasteiger partial charge in [0.05, 0.1) is 0 Å². The summed E-state index contributed by atoms with van der Waals surface area (Å²) in [6.07, 6.45) is 5.19. The van der Waals surface area contributed by atoms with Crippen molar-refractivity contribution in [2.24, 2.45) is 0 Å². The first-order chi connectivity index (χ1) is 12.5. The van der Waals surface area contributed by atoms with Gasteiger partial charge in [0.15, 0.2) is 5.65 Å². The number of halogens is 2. The molecule has 1 N–H and O–H groups in total. The standard InChI is InChI=1S/C20H12Cl2N2O2/c21-14-5-1-12(2-6-14)16-11-24-10-9-23-19(24)18(20(25)26)17(16)13-3-7-15(22)8-4-13/h1-11H,(H,25,26). The Morgan fingerprint density at radius 2 is 1.50 bits per heavy atom. The maximum Gasteiger partial charge on any atom is 0.340 e. The number of carboxylic acids is 1. The number of pyridine rings is 1. The van der Waals surface area contributed by atoms with Crippen molar-refractivity contribution >= 4 is 34.8 Å². The van der Waals surface area contributed by atoms with Gasteiger partial charge in [0, 0.05) is 39.8 Å². The lowest BCUT2D eigenvalue weighted by Crippen LogP contribution is -2.06. The second-order valence-electron chi connectivity index (χ2n) is 5.77. The summed E-state index contributed by atoms with van der Waals surface area (Å²) >= 11 is 12.0. The zero-order valence-corrected chi connectivity index (χ0v) is 14.9. The van der Waals surface area contributed by atoms with Gasteiger partial charge in [-0.2, -0.15) is 0 Å². The van der Waals surface area contributed by atoms with Gasteiger partial charge in [0.25, 0.3) is 0 Å². The average molecular weight is 383 g/mol. The fourth-order valence-corrected chi connectivity index (χ4v) is 3.28. The first-order valence-electron chi connectivity index (χ1n) is 7.79. The highest BCUT2D eigenvalue weighted by Gasteiger charge is 2.22. The van der Waals surface area contributed by atoms with Gasteiger partial charge in [0.2, 0.25) is 0 Å². The molecule has 2 aromatic carbocycles. The van der Waals surface area contributed by atoms with E-state index in [1.54, 1.807) is 41.1 Å². The van der Waals surface area contributed by atoms with Crippen molar-refractivity contribution in [3.63, 3.8) is 0 Å². The van der Waals surface area contributed by atoms with Crippen LogP contribution in [0.2, 0.25) is 10.0 Å². The van der Waals surface area contributed by atoms with Crippen LogP contribution in [0.5, 0.6) is 0 Å². The van der Waals surface area contributed by atoms with Crippen molar-refractivity contribution < 1.29 is 9.90 Å². The van der Waals surface area contributed by atoms with Gasteiger partial charge in [-0.3, -0.25) is 0 Å². The van der Waals surface area contributed by atoms with Crippen molar-refractivity contribution in [1.29, 1.82) is 0 Å². The van der Waals surface area contributed by atoms with Crippen LogP contribution >= 0.6 is 23.2 Å². The maximum absolute atomic E-state index is 12.1. The van der Waals surface area contributed by atoms with E-state index in [2.05, 4.69) is 4.98 Å². The summed E-state index contributed by atoms with van der Waals surface area (Å²) in [6.45, 7) is 0. The molecule has 0 atom stereocenters. The van der Waals surface area contributed by atoms with E-state index in [0.717, 1.165) is 16.7 Å². The molecule has 0 saturated carbocycles. The molecule has 4 rings (SSSR count). The quantitative estimate of drug-likeness (QED) is 0.496. The normalized spacial score (nSPS) is 11.0. The number of aromatic nitrogens is 2. The Balaban J connectivity index is 2.12. The topological polar surface area (TPSA) is 54.6 Å². The number of hydrogen-bond donors (Lipinski definition) is 1. The van der Waals surface area contributed by atoms with E-state index in [-0.39, 0.29) is 5.56 Å². The molecule has 4 nitrogen and oxygen atoms in total. The second kappa shape index (κ2) is 6.48. The van der Waals surface area contributed by atoms with Crippen LogP contribution < -0.4 is 0 Å². The lowest BCUT2D eigenvalue weighted by Gasteiger charge is -2.15. The highest BCUT2D eigenvalue weighted by molar-refractivity contribution is 6.31. The molecular weight excluding hydrogens is 371 g/mol. The molecule has 2 aromatic heterocycles. The summed E-state index contributed by atoms with van der Waals surface area (Å²) in [6, 6.07) is 14.4. The third-order valence-corrected chi connectivity index (χ3v) is 4.69. The number of fused-ring (bicyclic) bond motifs is 1. The van der Waals surface area contributed by atoms with Gasteiger partial charge < -0.3 is 9.51 Å². The Kier molecular flexibility index (Phi) is 4.15. The van der Waals surface area contributed by atoms with Crippen LogP contribution in [0, 0.1) is 0 Å². The molecule has 0 amide bonds. The fourth-order valence-electron chi connectivity index (χ4n) is 3.03. The zero-order chi connectivity index (χ0) is 18.3. The van der Waals surface area contributed by atoms with Gasteiger partial charge in [-0.25, -0.2) is 9.78 Å². The van der Waals surface area contributed by atoms with Crippen molar-refractivity contribution in [2.45, 2.75) is 0 Å². The Morgan fingerprint density at radius 3 is 2.08 bits per heavy atom. The van der Waals surface area contributed by atoms with E-state index < -0.39 is 5.97 Å². The molecule has 0 aliphatic carbocycles. The number of hydrogen-bond acceptors (Lipinski definition) is 2. The average Bonchev–Trinajstić information content (AvgIpc) is 3.09. The predicted octanol–water partition coefficient (Wildman–Crippen LogP) is 5.67. The number of carboxylic acid groups (broad SMARTS) is 1. The van der Waals surface area contributed by atoms with Gasteiger partial charge in [-0.15, -0.1) is 0 Å². The van der Waals surface area contributed by atoms with Crippen LogP contribution in [0.4, 0.5) is 0 Å². The van der Waals surface area contributed by atoms with Crippen molar-refractivity contribution in [3.05, 3.63) is 82.7 Å². The lowest BCUT2D eigenvalue weighted by molar-refractivity contribution is 0.0699. The smallest absolute Gasteiger partial charge is 0.340 e. The number of imidazole rings is 1. The first-order valence-corrected chi connectivity index (χ1v) is 8.55. The van der Waals surface area contributed by atoms with Crippen LogP contribution in [0.1, 0.15) is 10.4 Å². The Labute approximate surface area is 159 Å². The maximum atomic E-state index is 12.1. The molecule has 26 heavy (non-hydrogen) atoms. The monoisotopic (exact) mass is 382 g/mol. The summed E-state index contributed by atoms with van der Waals surface area (Å²) in [4.78, 5) is 16.3. The molecule has 0 saturated heterocycles. The summed E-state index contributed by atoms with van der Waals surface area (Å²) < 4.78 is 1.72. The summed E-state index contributed by atoms with van der Waals surface area (Å²) in [5.41, 5.74) is 3.51. The van der Waals surface area contributed by atoms with E-state index in [1.165, 1.54) is 0 Å². The number of rotatable bonds is 3. The summed E-state index contributed by atoms with van der Waals surface area (Å²) in [5, 5.41) is 11.1. The van der Waals surface area contributed by atoms with E-state index in [1.807, 2.05) is 30.5 Å². The molecule has 2 heterocycles. The summed E-state index contributed by atoms with van der Waals surface area (Å²) in [7, 11) is 0. The minimum absolute atomic E-state index is 0.143. The van der Waals surface area contributed by atoms with E-state index in [4.69, 9.17) is 23.2 Å². The van der Waals surface area contributed by atoms with Gasteiger partial charge >= 0.3 is 5.97 Å². The molecular formula is C20H12Cl2N2O2. The van der Waals surface area contributed by atoms with Crippen LogP contribution in [-0.2, 0) is 0 Å². The lowest BCUT2D eigenvalue weighted by atomic mass is 9.92. The van der Waals surface area contributed by atoms with E-state index >= 15 is 0 Å². The third-order valence-electron chi connectivity index (χ3n) is 4.18. The molecule has 0 aliphatic heterocycles. The first kappa shape index (κ1) is 16.6. The number of carbonyl (C=O) groups is 1. The molecule has 0 unspecified atom stereocenters. The molecule has 0 radical (unpaired) electrons. The van der Waals surface area contributed by atoms with Gasteiger partial charge in [-0.05, 0) is 35.4 Å². The largest absolute Gasteiger partial charge is 0.478 e. The SMILES string of the molecule is O=C(O)c1c(-c2ccc(Cl)cc2)c(-c2ccc(Cl)cc2)cn2ccnc12. The van der Waals surface area contributed by atoms with Crippen molar-refractivity contribution in [1.82, 2.24) is 9.38 Å². The van der Waals surface area contributed by atoms with Gasteiger partial charge in [0.1, 0.15) is 5.56 Å². The highest BCUT2D eigenvalue weighted by Crippen LogP contribution is 2.37. The van der Waals surface area contributed by atoms with Crippen LogP contribution in [-0.4, -0.2) is 20.5 Å². The van der Waals surface area contributed by atoms with Crippen molar-refractivity contribution in [3.8, 4) is 22.3 Å². The van der Waals surface area contributed by atoms with E-state index in [9.17, 15) is 9.90 Å². The minimum atomic E-state index is -1.04. The predicted molar refractivity (Wildman–Crippen MR) is 103 cm³/mol. The molecule has 128 valence electrons. The van der Waals surface area contributed by atoms with Gasteiger partial charge in [-0.1, -0.05) is 47.5 Å². The second-order valence-corrected chi connectivity index (χ2v) is 6.64. The number of aromatic carboxylic acids is 1. The Hall–Kier alpha value is -2.82. The molecule has 6 heteroatoms. The van der Waals surface area contributed by atoms with E-state index in [0.29, 0.717) is 21.3 Å². The molecule has 0 fully saturated rings. The molecule has 0 aliphatic rings. The summed E-state index contributed by atoms with van der Waals surface area (Å²) in [5.74, 6) is -1.04. The number of benzene rings is 2. The van der Waals surface area contributed by atoms with Crippen LogP contribution in [0.25, 0.3) is 27.9 Å². The molecule has 4 aromatic rings. The Morgan fingerprint density at radius 1 is 0.923 bits per heavy atom. The highest BCUT2D eigenvalue weighted by atomic mass is 35.5. The molecule has 0 bridgehead atoms.